The van der Waals surface area contributed by atoms with E-state index in [0.717, 1.165) is 18.7 Å². The van der Waals surface area contributed by atoms with Crippen LogP contribution in [0.5, 0.6) is 0 Å². The molecule has 3 heteroatoms. The molecular weight excluding hydrogens is 166 g/mol. The molecule has 0 bridgehead atoms. The molecule has 0 radical (unpaired) electrons. The fourth-order valence-electron chi connectivity index (χ4n) is 1.19. The molecule has 3 nitrogen and oxygen atoms in total. The Hall–Kier alpha value is -0.860. The fourth-order valence-corrected chi connectivity index (χ4v) is 1.19. The Kier molecular flexibility index (Phi) is 3.46. The van der Waals surface area contributed by atoms with Gasteiger partial charge in [0.25, 0.3) is 0 Å². The lowest BCUT2D eigenvalue weighted by molar-refractivity contribution is -0.123. The molecule has 1 aliphatic rings. The van der Waals surface area contributed by atoms with Crippen LogP contribution in [-0.2, 0) is 9.53 Å². The van der Waals surface area contributed by atoms with Gasteiger partial charge in [0.05, 0.1) is 6.54 Å². The second kappa shape index (κ2) is 4.40. The predicted molar refractivity (Wildman–Crippen MR) is 51.9 cm³/mol. The molecule has 0 fully saturated rings. The van der Waals surface area contributed by atoms with Gasteiger partial charge in [-0.1, -0.05) is 13.8 Å². The minimum atomic E-state index is -0.304. The average molecular weight is 183 g/mol. The van der Waals surface area contributed by atoms with E-state index in [-0.39, 0.29) is 11.9 Å². The van der Waals surface area contributed by atoms with Gasteiger partial charge in [0, 0.05) is 6.42 Å². The maximum Gasteiger partial charge on any atom is 0.184 e. The van der Waals surface area contributed by atoms with Crippen LogP contribution in [0.2, 0.25) is 0 Å². The Labute approximate surface area is 79.2 Å². The van der Waals surface area contributed by atoms with E-state index in [1.165, 1.54) is 0 Å². The lowest BCUT2D eigenvalue weighted by atomic mass is 10.1. The highest BCUT2D eigenvalue weighted by Crippen LogP contribution is 2.12. The Morgan fingerprint density at radius 2 is 2.38 bits per heavy atom. The summed E-state index contributed by atoms with van der Waals surface area (Å²) < 4.78 is 5.37. The van der Waals surface area contributed by atoms with E-state index >= 15 is 0 Å². The minimum Gasteiger partial charge on any atom is -0.468 e. The van der Waals surface area contributed by atoms with Gasteiger partial charge in [-0.3, -0.25) is 9.79 Å². The summed E-state index contributed by atoms with van der Waals surface area (Å²) in [4.78, 5) is 15.1. The quantitative estimate of drug-likeness (QED) is 0.666. The second-order valence-electron chi connectivity index (χ2n) is 3.88. The number of nitrogens with zero attached hydrogens (tertiary/aromatic N) is 1. The van der Waals surface area contributed by atoms with Gasteiger partial charge >= 0.3 is 0 Å². The number of carbonyl (C=O) groups is 1. The number of carbonyl (C=O) groups excluding carboxylic acids is 1. The Morgan fingerprint density at radius 1 is 1.69 bits per heavy atom. The van der Waals surface area contributed by atoms with Gasteiger partial charge in [0.2, 0.25) is 0 Å². The molecule has 0 N–H and O–H groups in total. The monoisotopic (exact) mass is 183 g/mol. The standard InChI is InChI=1S/C10H17NO2/c1-7(2)4-5-10-11-6-9(13-10)8(3)12/h7,9H,4-6H2,1-3H3. The number of aliphatic imine (C=N–C) groups is 1. The summed E-state index contributed by atoms with van der Waals surface area (Å²) in [6.45, 7) is 6.39. The van der Waals surface area contributed by atoms with Crippen molar-refractivity contribution < 1.29 is 9.53 Å². The first-order valence-electron chi connectivity index (χ1n) is 4.80. The van der Waals surface area contributed by atoms with Gasteiger partial charge in [-0.05, 0) is 19.3 Å². The number of hydrogen-bond acceptors (Lipinski definition) is 3. The van der Waals surface area contributed by atoms with Crippen molar-refractivity contribution in [1.82, 2.24) is 0 Å². The van der Waals surface area contributed by atoms with Gasteiger partial charge in [-0.25, -0.2) is 0 Å². The highest BCUT2D eigenvalue weighted by atomic mass is 16.5. The molecular formula is C10H17NO2. The normalized spacial score (nSPS) is 21.5. The summed E-state index contributed by atoms with van der Waals surface area (Å²) in [5, 5.41) is 0. The number of Topliss-reactive ketones (excluding diaryl/α,β-unsaturated/α-hetero) is 1. The number of hydrogen-bond donors (Lipinski definition) is 0. The Balaban J connectivity index is 2.28. The van der Waals surface area contributed by atoms with Gasteiger partial charge in [0.15, 0.2) is 17.8 Å². The maximum atomic E-state index is 10.9. The van der Waals surface area contributed by atoms with Gasteiger partial charge in [-0.15, -0.1) is 0 Å². The lowest BCUT2D eigenvalue weighted by Crippen LogP contribution is -2.21. The molecule has 1 heterocycles. The highest BCUT2D eigenvalue weighted by Gasteiger charge is 2.23. The van der Waals surface area contributed by atoms with E-state index in [1.54, 1.807) is 6.92 Å². The zero-order valence-electron chi connectivity index (χ0n) is 8.54. The molecule has 0 aromatic heterocycles. The predicted octanol–water partition coefficient (Wildman–Crippen LogP) is 1.81. The van der Waals surface area contributed by atoms with Crippen molar-refractivity contribution in [1.29, 1.82) is 0 Å². The summed E-state index contributed by atoms with van der Waals surface area (Å²) in [5.41, 5.74) is 0. The van der Waals surface area contributed by atoms with Crippen molar-refractivity contribution in [2.45, 2.75) is 39.7 Å². The maximum absolute atomic E-state index is 10.9. The van der Waals surface area contributed by atoms with Crippen LogP contribution in [0.4, 0.5) is 0 Å². The third-order valence-corrected chi connectivity index (χ3v) is 2.10. The van der Waals surface area contributed by atoms with Crippen molar-refractivity contribution in [3.63, 3.8) is 0 Å². The molecule has 0 spiro atoms. The summed E-state index contributed by atoms with van der Waals surface area (Å²) in [5.74, 6) is 1.49. The summed E-state index contributed by atoms with van der Waals surface area (Å²) in [6.07, 6.45) is 1.63. The highest BCUT2D eigenvalue weighted by molar-refractivity contribution is 5.87. The molecule has 0 saturated heterocycles. The van der Waals surface area contributed by atoms with Gasteiger partial charge < -0.3 is 4.74 Å². The zero-order valence-corrected chi connectivity index (χ0v) is 8.54. The zero-order chi connectivity index (χ0) is 9.84. The molecule has 0 aromatic rings. The van der Waals surface area contributed by atoms with E-state index in [1.807, 2.05) is 0 Å². The third-order valence-electron chi connectivity index (χ3n) is 2.10. The topological polar surface area (TPSA) is 38.7 Å². The second-order valence-corrected chi connectivity index (χ2v) is 3.88. The van der Waals surface area contributed by atoms with E-state index < -0.39 is 0 Å². The van der Waals surface area contributed by atoms with Crippen molar-refractivity contribution in [2.24, 2.45) is 10.9 Å². The van der Waals surface area contributed by atoms with Crippen LogP contribution in [0.3, 0.4) is 0 Å². The van der Waals surface area contributed by atoms with Crippen molar-refractivity contribution in [3.05, 3.63) is 0 Å². The molecule has 1 rings (SSSR count). The van der Waals surface area contributed by atoms with Gasteiger partial charge in [0.1, 0.15) is 0 Å². The number of ketones is 1. The number of rotatable bonds is 4. The van der Waals surface area contributed by atoms with Crippen LogP contribution in [-0.4, -0.2) is 24.3 Å². The Bertz CT molecular complexity index is 221. The van der Waals surface area contributed by atoms with Gasteiger partial charge in [-0.2, -0.15) is 0 Å². The summed E-state index contributed by atoms with van der Waals surface area (Å²) >= 11 is 0. The van der Waals surface area contributed by atoms with Crippen molar-refractivity contribution in [2.75, 3.05) is 6.54 Å². The first-order valence-corrected chi connectivity index (χ1v) is 4.80. The van der Waals surface area contributed by atoms with Crippen molar-refractivity contribution in [3.8, 4) is 0 Å². The minimum absolute atomic E-state index is 0.0725. The molecule has 1 aliphatic heterocycles. The lowest BCUT2D eigenvalue weighted by Gasteiger charge is -2.08. The molecule has 1 unspecified atom stereocenters. The molecule has 1 atom stereocenters. The van der Waals surface area contributed by atoms with Crippen LogP contribution in [0.25, 0.3) is 0 Å². The summed E-state index contributed by atoms with van der Waals surface area (Å²) in [6, 6.07) is 0. The largest absolute Gasteiger partial charge is 0.468 e. The molecule has 0 aromatic carbocycles. The third kappa shape index (κ3) is 3.17. The SMILES string of the molecule is CC(=O)C1CN=C(CCC(C)C)O1. The van der Waals surface area contributed by atoms with Crippen LogP contribution in [0.15, 0.2) is 4.99 Å². The van der Waals surface area contributed by atoms with E-state index in [4.69, 9.17) is 4.74 Å². The fraction of sp³-hybridized carbons (Fsp3) is 0.800. The van der Waals surface area contributed by atoms with Crippen LogP contribution in [0, 0.1) is 5.92 Å². The first-order chi connectivity index (χ1) is 6.09. The average Bonchev–Trinajstić information content (AvgIpc) is 2.48. The molecule has 0 amide bonds. The molecule has 0 aliphatic carbocycles. The van der Waals surface area contributed by atoms with E-state index in [2.05, 4.69) is 18.8 Å². The number of ether oxygens (including phenoxy) is 1. The summed E-state index contributed by atoms with van der Waals surface area (Å²) in [7, 11) is 0. The molecule has 74 valence electrons. The van der Waals surface area contributed by atoms with E-state index in [9.17, 15) is 4.79 Å². The van der Waals surface area contributed by atoms with Crippen LogP contribution < -0.4 is 0 Å². The molecule has 0 saturated carbocycles. The van der Waals surface area contributed by atoms with Crippen LogP contribution >= 0.6 is 0 Å². The smallest absolute Gasteiger partial charge is 0.184 e. The Morgan fingerprint density at radius 3 is 2.85 bits per heavy atom. The van der Waals surface area contributed by atoms with Crippen molar-refractivity contribution >= 4 is 11.7 Å². The van der Waals surface area contributed by atoms with E-state index in [0.29, 0.717) is 12.5 Å². The molecule has 13 heavy (non-hydrogen) atoms. The van der Waals surface area contributed by atoms with Crippen LogP contribution in [0.1, 0.15) is 33.6 Å². The first kappa shape index (κ1) is 10.2.